The van der Waals surface area contributed by atoms with Gasteiger partial charge >= 0.3 is 0 Å². The fourth-order valence-corrected chi connectivity index (χ4v) is 5.05. The van der Waals surface area contributed by atoms with Crippen LogP contribution in [0.15, 0.2) is 93.4 Å². The lowest BCUT2D eigenvalue weighted by Gasteiger charge is -2.12. The largest absolute Gasteiger partial charge is 0.486 e. The van der Waals surface area contributed by atoms with Crippen molar-refractivity contribution in [3.05, 3.63) is 110 Å². The molecule has 0 aromatic heterocycles. The van der Waals surface area contributed by atoms with Gasteiger partial charge in [-0.25, -0.2) is 0 Å². The first-order chi connectivity index (χ1) is 16.5. The molecule has 1 amide bonds. The van der Waals surface area contributed by atoms with Gasteiger partial charge in [0.2, 0.25) is 0 Å². The number of hydrogen-bond donors (Lipinski definition) is 1. The summed E-state index contributed by atoms with van der Waals surface area (Å²) in [6.07, 6.45) is 1.54. The average Bonchev–Trinajstić information content (AvgIpc) is 2.83. The molecular formula is C27H17Br2ClN2O2. The third-order valence-corrected chi connectivity index (χ3v) is 6.61. The van der Waals surface area contributed by atoms with Crippen molar-refractivity contribution in [3.8, 4) is 11.8 Å². The van der Waals surface area contributed by atoms with Gasteiger partial charge in [-0.15, -0.1) is 0 Å². The van der Waals surface area contributed by atoms with Gasteiger partial charge in [-0.05, 0) is 73.2 Å². The van der Waals surface area contributed by atoms with Crippen LogP contribution in [0.3, 0.4) is 0 Å². The zero-order valence-corrected chi connectivity index (χ0v) is 21.6. The summed E-state index contributed by atoms with van der Waals surface area (Å²) in [6, 6.07) is 26.4. The number of nitrogens with one attached hydrogen (secondary N) is 1. The van der Waals surface area contributed by atoms with Crippen molar-refractivity contribution < 1.29 is 9.53 Å². The van der Waals surface area contributed by atoms with Crippen molar-refractivity contribution in [1.82, 2.24) is 0 Å². The Kier molecular flexibility index (Phi) is 7.69. The molecule has 0 heterocycles. The zero-order chi connectivity index (χ0) is 24.1. The normalized spacial score (nSPS) is 11.2. The Morgan fingerprint density at radius 3 is 2.41 bits per heavy atom. The first-order valence-electron chi connectivity index (χ1n) is 10.2. The molecule has 4 aromatic rings. The van der Waals surface area contributed by atoms with Gasteiger partial charge in [0.15, 0.2) is 0 Å². The van der Waals surface area contributed by atoms with Crippen LogP contribution in [0.4, 0.5) is 5.69 Å². The Morgan fingerprint density at radius 1 is 1.00 bits per heavy atom. The fraction of sp³-hybridized carbons (Fsp3) is 0.0370. The van der Waals surface area contributed by atoms with Crippen LogP contribution in [0.2, 0.25) is 5.02 Å². The molecule has 4 rings (SSSR count). The Morgan fingerprint density at radius 2 is 1.68 bits per heavy atom. The molecule has 0 spiro atoms. The molecule has 0 saturated heterocycles. The van der Waals surface area contributed by atoms with E-state index in [4.69, 9.17) is 16.3 Å². The van der Waals surface area contributed by atoms with Crippen LogP contribution in [-0.2, 0) is 11.4 Å². The molecule has 4 aromatic carbocycles. The van der Waals surface area contributed by atoms with Gasteiger partial charge in [-0.1, -0.05) is 66.2 Å². The average molecular weight is 597 g/mol. The molecule has 7 heteroatoms. The van der Waals surface area contributed by atoms with Gasteiger partial charge in [-0.3, -0.25) is 4.79 Å². The molecule has 168 valence electrons. The smallest absolute Gasteiger partial charge is 0.266 e. The van der Waals surface area contributed by atoms with E-state index in [0.717, 1.165) is 16.3 Å². The molecule has 0 aliphatic rings. The molecule has 1 N–H and O–H groups in total. The third-order valence-electron chi connectivity index (χ3n) is 5.06. The van der Waals surface area contributed by atoms with E-state index in [1.165, 1.54) is 6.08 Å². The highest BCUT2D eigenvalue weighted by molar-refractivity contribution is 9.11. The van der Waals surface area contributed by atoms with Crippen LogP contribution in [0.25, 0.3) is 16.8 Å². The van der Waals surface area contributed by atoms with Crippen molar-refractivity contribution >= 4 is 71.9 Å². The van der Waals surface area contributed by atoms with Gasteiger partial charge in [0, 0.05) is 21.7 Å². The lowest BCUT2D eigenvalue weighted by molar-refractivity contribution is -0.112. The summed E-state index contributed by atoms with van der Waals surface area (Å²) in [5, 5.41) is 15.0. The molecule has 0 atom stereocenters. The van der Waals surface area contributed by atoms with E-state index in [1.54, 1.807) is 12.1 Å². The van der Waals surface area contributed by atoms with Crippen LogP contribution < -0.4 is 10.1 Å². The van der Waals surface area contributed by atoms with Crippen LogP contribution in [0.1, 0.15) is 11.1 Å². The van der Waals surface area contributed by atoms with Crippen LogP contribution in [0.5, 0.6) is 5.75 Å². The number of hydrogen-bond acceptors (Lipinski definition) is 3. The van der Waals surface area contributed by atoms with Gasteiger partial charge in [0.05, 0.1) is 8.95 Å². The van der Waals surface area contributed by atoms with Crippen LogP contribution in [0, 0.1) is 11.3 Å². The van der Waals surface area contributed by atoms with E-state index in [9.17, 15) is 10.1 Å². The second-order valence-electron chi connectivity index (χ2n) is 7.34. The zero-order valence-electron chi connectivity index (χ0n) is 17.7. The van der Waals surface area contributed by atoms with E-state index in [-0.39, 0.29) is 5.57 Å². The number of carbonyl (C=O) groups excluding carboxylic acids is 1. The van der Waals surface area contributed by atoms with Crippen molar-refractivity contribution in [2.24, 2.45) is 0 Å². The number of ether oxygens (including phenoxy) is 1. The number of fused-ring (bicyclic) bond motifs is 1. The predicted octanol–water partition coefficient (Wildman–Crippen LogP) is 8.14. The van der Waals surface area contributed by atoms with E-state index >= 15 is 0 Å². The van der Waals surface area contributed by atoms with E-state index in [0.29, 0.717) is 37.6 Å². The molecule has 0 aliphatic heterocycles. The maximum atomic E-state index is 12.9. The van der Waals surface area contributed by atoms with Gasteiger partial charge in [-0.2, -0.15) is 5.26 Å². The van der Waals surface area contributed by atoms with E-state index < -0.39 is 5.91 Å². The summed E-state index contributed by atoms with van der Waals surface area (Å²) in [7, 11) is 0. The lowest BCUT2D eigenvalue weighted by Crippen LogP contribution is -2.13. The number of benzene rings is 4. The summed E-state index contributed by atoms with van der Waals surface area (Å²) >= 11 is 13.2. The molecule has 0 unspecified atom stereocenters. The highest BCUT2D eigenvalue weighted by Crippen LogP contribution is 2.36. The molecular weight excluding hydrogens is 580 g/mol. The summed E-state index contributed by atoms with van der Waals surface area (Å²) < 4.78 is 7.29. The molecule has 4 nitrogen and oxygen atoms in total. The second-order valence-corrected chi connectivity index (χ2v) is 9.46. The van der Waals surface area contributed by atoms with Crippen LogP contribution in [-0.4, -0.2) is 5.91 Å². The molecule has 0 aliphatic carbocycles. The first-order valence-corrected chi connectivity index (χ1v) is 12.2. The quantitative estimate of drug-likeness (QED) is 0.181. The van der Waals surface area contributed by atoms with Crippen molar-refractivity contribution in [2.75, 3.05) is 5.32 Å². The predicted molar refractivity (Wildman–Crippen MR) is 144 cm³/mol. The van der Waals surface area contributed by atoms with Crippen LogP contribution >= 0.6 is 43.5 Å². The number of nitriles is 1. The van der Waals surface area contributed by atoms with Crippen molar-refractivity contribution in [2.45, 2.75) is 6.61 Å². The van der Waals surface area contributed by atoms with Crippen molar-refractivity contribution in [3.63, 3.8) is 0 Å². The Hall–Kier alpha value is -3.11. The Bertz CT molecular complexity index is 1430. The highest BCUT2D eigenvalue weighted by atomic mass is 79.9. The molecule has 0 bridgehead atoms. The molecule has 34 heavy (non-hydrogen) atoms. The third kappa shape index (κ3) is 5.51. The van der Waals surface area contributed by atoms with Gasteiger partial charge in [0.1, 0.15) is 24.0 Å². The lowest BCUT2D eigenvalue weighted by atomic mass is 10.1. The first kappa shape index (κ1) is 24.0. The number of rotatable bonds is 6. The number of anilines is 1. The summed E-state index contributed by atoms with van der Waals surface area (Å²) in [5.41, 5.74) is 2.16. The van der Waals surface area contributed by atoms with E-state index in [2.05, 4.69) is 37.2 Å². The summed E-state index contributed by atoms with van der Waals surface area (Å²) in [6.45, 7) is 0.295. The monoisotopic (exact) mass is 594 g/mol. The molecule has 0 fully saturated rings. The highest BCUT2D eigenvalue weighted by Gasteiger charge is 2.14. The van der Waals surface area contributed by atoms with E-state index in [1.807, 2.05) is 72.8 Å². The number of halogens is 3. The number of amides is 1. The second kappa shape index (κ2) is 10.9. The maximum absolute atomic E-state index is 12.9. The summed E-state index contributed by atoms with van der Waals surface area (Å²) in [5.74, 6) is 0.112. The minimum Gasteiger partial charge on any atom is -0.486 e. The number of nitrogens with zero attached hydrogens (tertiary/aromatic N) is 1. The van der Waals surface area contributed by atoms with Gasteiger partial charge < -0.3 is 10.1 Å². The molecule has 0 saturated carbocycles. The standard InChI is InChI=1S/C27H17Br2ClN2O2/c28-22-13-17(14-23(29)26(22)34-16-19-7-2-4-10-24(19)30)12-20(15-31)27(33)32-25-11-5-8-18-6-1-3-9-21(18)25/h1-14H,16H2,(H,32,33)/b20-12+. The SMILES string of the molecule is N#C/C(=C\c1cc(Br)c(OCc2ccccc2Cl)c(Br)c1)C(=O)Nc1cccc2ccccc12. The Balaban J connectivity index is 1.55. The van der Waals surface area contributed by atoms with Crippen molar-refractivity contribution in [1.29, 1.82) is 5.26 Å². The minimum absolute atomic E-state index is 0.0172. The van der Waals surface area contributed by atoms with Gasteiger partial charge in [0.25, 0.3) is 5.91 Å². The minimum atomic E-state index is -0.481. The fourth-order valence-electron chi connectivity index (χ4n) is 3.41. The molecule has 0 radical (unpaired) electrons. The number of carbonyl (C=O) groups is 1. The maximum Gasteiger partial charge on any atom is 0.266 e. The Labute approximate surface area is 219 Å². The topological polar surface area (TPSA) is 62.1 Å². The summed E-state index contributed by atoms with van der Waals surface area (Å²) in [4.78, 5) is 12.9.